The van der Waals surface area contributed by atoms with Crippen LogP contribution in [-0.2, 0) is 14.4 Å². The van der Waals surface area contributed by atoms with Crippen molar-refractivity contribution >= 4 is 29.4 Å². The summed E-state index contributed by atoms with van der Waals surface area (Å²) in [6.45, 7) is 1.44. The molecule has 2 aliphatic carbocycles. The minimum absolute atomic E-state index is 0.113. The van der Waals surface area contributed by atoms with Crippen molar-refractivity contribution in [3.63, 3.8) is 0 Å². The van der Waals surface area contributed by atoms with Crippen molar-refractivity contribution in [1.82, 2.24) is 9.80 Å². The van der Waals surface area contributed by atoms with Gasteiger partial charge in [0.15, 0.2) is 11.5 Å². The van der Waals surface area contributed by atoms with Gasteiger partial charge in [-0.25, -0.2) is 9.69 Å². The third-order valence-corrected chi connectivity index (χ3v) is 6.86. The summed E-state index contributed by atoms with van der Waals surface area (Å²) in [6.07, 6.45) is 4.45. The highest BCUT2D eigenvalue weighted by atomic mass is 16.7. The van der Waals surface area contributed by atoms with E-state index in [1.165, 1.54) is 6.42 Å². The lowest BCUT2D eigenvalue weighted by Crippen LogP contribution is -2.45. The summed E-state index contributed by atoms with van der Waals surface area (Å²) in [5.41, 5.74) is 0.446. The molecule has 158 valence electrons. The van der Waals surface area contributed by atoms with Gasteiger partial charge in [-0.05, 0) is 56.1 Å². The van der Waals surface area contributed by atoms with E-state index in [1.807, 2.05) is 6.92 Å². The van der Waals surface area contributed by atoms with Crippen LogP contribution in [0.1, 0.15) is 32.6 Å². The van der Waals surface area contributed by atoms with E-state index in [-0.39, 0.29) is 18.8 Å². The second-order valence-electron chi connectivity index (χ2n) is 8.54. The summed E-state index contributed by atoms with van der Waals surface area (Å²) in [5.74, 6) is 0.112. The smallest absolute Gasteiger partial charge is 0.334 e. The number of amides is 5. The van der Waals surface area contributed by atoms with Gasteiger partial charge in [0.2, 0.25) is 12.7 Å². The maximum absolute atomic E-state index is 12.9. The predicted molar refractivity (Wildman–Crippen MR) is 104 cm³/mol. The van der Waals surface area contributed by atoms with Gasteiger partial charge < -0.3 is 14.8 Å². The third kappa shape index (κ3) is 3.00. The maximum Gasteiger partial charge on any atom is 0.334 e. The average Bonchev–Trinajstić information content (AvgIpc) is 3.49. The van der Waals surface area contributed by atoms with Gasteiger partial charge in [0.25, 0.3) is 0 Å². The van der Waals surface area contributed by atoms with Gasteiger partial charge in [-0.2, -0.15) is 0 Å². The number of benzene rings is 1. The molecule has 5 amide bonds. The van der Waals surface area contributed by atoms with E-state index >= 15 is 0 Å². The van der Waals surface area contributed by atoms with Gasteiger partial charge in [-0.1, -0.05) is 6.42 Å². The molecule has 3 fully saturated rings. The molecule has 1 aromatic carbocycles. The number of ether oxygens (including phenoxy) is 2. The molecule has 1 saturated heterocycles. The minimum Gasteiger partial charge on any atom is -0.454 e. The lowest BCUT2D eigenvalue weighted by molar-refractivity contribution is -0.144. The van der Waals surface area contributed by atoms with Crippen molar-refractivity contribution in [3.05, 3.63) is 18.2 Å². The van der Waals surface area contributed by atoms with Crippen LogP contribution in [0.15, 0.2) is 18.2 Å². The number of carbonyl (C=O) groups is 4. The van der Waals surface area contributed by atoms with Crippen molar-refractivity contribution in [3.8, 4) is 11.5 Å². The van der Waals surface area contributed by atoms with E-state index in [0.717, 1.165) is 29.1 Å². The number of nitrogens with one attached hydrogen (secondary N) is 1. The summed E-state index contributed by atoms with van der Waals surface area (Å²) in [7, 11) is 0. The van der Waals surface area contributed by atoms with Crippen LogP contribution in [-0.4, -0.2) is 52.9 Å². The van der Waals surface area contributed by atoms with Gasteiger partial charge in [0.05, 0.1) is 0 Å². The second-order valence-corrected chi connectivity index (χ2v) is 8.54. The molecule has 2 saturated carbocycles. The number of hydrogen-bond acceptors (Lipinski definition) is 6. The van der Waals surface area contributed by atoms with Crippen LogP contribution in [0.5, 0.6) is 11.5 Å². The summed E-state index contributed by atoms with van der Waals surface area (Å²) in [5, 5.41) is 2.63. The lowest BCUT2D eigenvalue weighted by atomic mass is 9.83. The number of hydrogen-bond donors (Lipinski definition) is 1. The third-order valence-electron chi connectivity index (χ3n) is 6.86. The molecule has 5 rings (SSSR count). The van der Waals surface area contributed by atoms with Crippen LogP contribution in [0.25, 0.3) is 0 Å². The molecule has 4 aliphatic rings. The number of carbonyl (C=O) groups excluding carboxylic acids is 4. The fourth-order valence-electron chi connectivity index (χ4n) is 5.42. The molecule has 30 heavy (non-hydrogen) atoms. The quantitative estimate of drug-likeness (QED) is 0.585. The van der Waals surface area contributed by atoms with E-state index < -0.39 is 30.3 Å². The zero-order valence-electron chi connectivity index (χ0n) is 16.6. The number of imide groups is 2. The zero-order valence-corrected chi connectivity index (χ0v) is 16.6. The molecule has 4 atom stereocenters. The van der Waals surface area contributed by atoms with E-state index in [2.05, 4.69) is 5.32 Å². The Balaban J connectivity index is 1.25. The Bertz CT molecular complexity index is 947. The van der Waals surface area contributed by atoms with Crippen LogP contribution < -0.4 is 14.8 Å². The van der Waals surface area contributed by atoms with Gasteiger partial charge in [0, 0.05) is 17.8 Å². The normalized spacial score (nSPS) is 27.9. The zero-order chi connectivity index (χ0) is 21.0. The van der Waals surface area contributed by atoms with Crippen LogP contribution in [0.2, 0.25) is 0 Å². The van der Waals surface area contributed by atoms with Crippen molar-refractivity contribution < 1.29 is 28.7 Å². The molecule has 0 unspecified atom stereocenters. The summed E-state index contributed by atoms with van der Waals surface area (Å²) in [6, 6.07) is 3.84. The second kappa shape index (κ2) is 7.00. The Kier molecular flexibility index (Phi) is 4.41. The molecule has 9 heteroatoms. The Labute approximate surface area is 173 Å². The highest BCUT2D eigenvalue weighted by molar-refractivity contribution is 6.45. The first-order valence-electron chi connectivity index (χ1n) is 10.3. The fourth-order valence-corrected chi connectivity index (χ4v) is 5.42. The molecular weight excluding hydrogens is 390 g/mol. The summed E-state index contributed by atoms with van der Waals surface area (Å²) in [4.78, 5) is 52.1. The number of anilines is 1. The summed E-state index contributed by atoms with van der Waals surface area (Å²) < 4.78 is 10.5. The molecule has 0 radical (unpaired) electrons. The largest absolute Gasteiger partial charge is 0.454 e. The number of urea groups is 1. The Morgan fingerprint density at radius 1 is 1.13 bits per heavy atom. The van der Waals surface area contributed by atoms with E-state index in [4.69, 9.17) is 9.47 Å². The molecule has 2 heterocycles. The lowest BCUT2D eigenvalue weighted by Gasteiger charge is -2.32. The standard InChI is InChI=1S/C21H23N3O6/c1-11(15-7-12-2-3-13(15)6-12)24-20(27)19(26)23(21(24)28)9-18(25)22-14-4-5-16-17(8-14)30-10-29-16/h4-5,8,11-13,15H,2-3,6-7,9-10H2,1H3,(H,22,25)/t11-,12-,13-,15+/m0/s1. The minimum atomic E-state index is -0.948. The van der Waals surface area contributed by atoms with Crippen molar-refractivity contribution in [1.29, 1.82) is 0 Å². The van der Waals surface area contributed by atoms with Gasteiger partial charge >= 0.3 is 17.8 Å². The number of fused-ring (bicyclic) bond motifs is 3. The molecule has 2 aliphatic heterocycles. The van der Waals surface area contributed by atoms with Crippen LogP contribution in [0, 0.1) is 17.8 Å². The van der Waals surface area contributed by atoms with Crippen LogP contribution in [0.3, 0.4) is 0 Å². The number of rotatable bonds is 5. The Hall–Kier alpha value is -3.10. The first-order valence-corrected chi connectivity index (χ1v) is 10.3. The Morgan fingerprint density at radius 2 is 1.93 bits per heavy atom. The highest BCUT2D eigenvalue weighted by Gasteiger charge is 2.52. The topological polar surface area (TPSA) is 105 Å². The fraction of sp³-hybridized carbons (Fsp3) is 0.524. The first-order chi connectivity index (χ1) is 14.4. The first kappa shape index (κ1) is 18.9. The molecule has 0 spiro atoms. The molecule has 1 N–H and O–H groups in total. The van der Waals surface area contributed by atoms with E-state index in [0.29, 0.717) is 29.0 Å². The van der Waals surface area contributed by atoms with E-state index in [1.54, 1.807) is 18.2 Å². The average molecular weight is 413 g/mol. The predicted octanol–water partition coefficient (Wildman–Crippen LogP) is 1.97. The van der Waals surface area contributed by atoms with E-state index in [9.17, 15) is 19.2 Å². The maximum atomic E-state index is 12.9. The highest BCUT2D eigenvalue weighted by Crippen LogP contribution is 2.50. The SMILES string of the molecule is C[C@@H]([C@H]1C[C@H]2CC[C@H]1C2)N1C(=O)C(=O)N(CC(=O)Nc2ccc3c(c2)OCO3)C1=O. The monoisotopic (exact) mass is 413 g/mol. The van der Waals surface area contributed by atoms with Crippen LogP contribution in [0.4, 0.5) is 10.5 Å². The van der Waals surface area contributed by atoms with Gasteiger partial charge in [-0.15, -0.1) is 0 Å². The van der Waals surface area contributed by atoms with Crippen molar-refractivity contribution in [2.75, 3.05) is 18.7 Å². The van der Waals surface area contributed by atoms with Crippen molar-refractivity contribution in [2.45, 2.75) is 38.6 Å². The molecule has 1 aromatic rings. The summed E-state index contributed by atoms with van der Waals surface area (Å²) >= 11 is 0. The molecule has 0 aromatic heterocycles. The molecular formula is C21H23N3O6. The van der Waals surface area contributed by atoms with Gasteiger partial charge in [0.1, 0.15) is 6.54 Å². The number of nitrogens with zero attached hydrogens (tertiary/aromatic N) is 2. The van der Waals surface area contributed by atoms with Gasteiger partial charge in [-0.3, -0.25) is 19.3 Å². The van der Waals surface area contributed by atoms with Crippen molar-refractivity contribution in [2.24, 2.45) is 17.8 Å². The van der Waals surface area contributed by atoms with Crippen LogP contribution >= 0.6 is 0 Å². The molecule has 2 bridgehead atoms. The Morgan fingerprint density at radius 3 is 2.67 bits per heavy atom. The molecule has 9 nitrogen and oxygen atoms in total.